The van der Waals surface area contributed by atoms with E-state index in [-0.39, 0.29) is 5.75 Å². The van der Waals surface area contributed by atoms with Gasteiger partial charge in [0.2, 0.25) is 0 Å². The van der Waals surface area contributed by atoms with E-state index < -0.39 is 11.6 Å². The standard InChI is InChI=1S/C21H20F2N4O/c1-12-13(2)25-14(3)26-21(12)27-7-6-19-15(11-27)8-17(10-24-19)28-20-5-4-16(22)9-18(20)23/h4-5,8-10H,6-7,11H2,1-3H3. The highest BCUT2D eigenvalue weighted by atomic mass is 19.1. The van der Waals surface area contributed by atoms with Crippen LogP contribution in [0.1, 0.15) is 28.3 Å². The van der Waals surface area contributed by atoms with Crippen LogP contribution in [0.2, 0.25) is 0 Å². The first-order valence-electron chi connectivity index (χ1n) is 9.08. The van der Waals surface area contributed by atoms with Crippen molar-refractivity contribution in [1.29, 1.82) is 0 Å². The molecule has 1 aliphatic heterocycles. The maximum atomic E-state index is 13.9. The summed E-state index contributed by atoms with van der Waals surface area (Å²) in [6, 6.07) is 5.08. The fourth-order valence-electron chi connectivity index (χ4n) is 3.38. The number of pyridine rings is 1. The Morgan fingerprint density at radius 2 is 1.89 bits per heavy atom. The zero-order valence-electron chi connectivity index (χ0n) is 16.0. The first kappa shape index (κ1) is 18.3. The third kappa shape index (κ3) is 3.52. The number of hydrogen-bond donors (Lipinski definition) is 0. The Kier molecular flexibility index (Phi) is 4.66. The van der Waals surface area contributed by atoms with Gasteiger partial charge in [-0.2, -0.15) is 0 Å². The van der Waals surface area contributed by atoms with E-state index in [0.29, 0.717) is 12.3 Å². The molecule has 0 atom stereocenters. The summed E-state index contributed by atoms with van der Waals surface area (Å²) in [5.41, 5.74) is 4.01. The van der Waals surface area contributed by atoms with Gasteiger partial charge in [0.05, 0.1) is 6.20 Å². The molecular weight excluding hydrogens is 362 g/mol. The van der Waals surface area contributed by atoms with Crippen molar-refractivity contribution >= 4 is 5.82 Å². The van der Waals surface area contributed by atoms with Gasteiger partial charge in [-0.05, 0) is 44.5 Å². The summed E-state index contributed by atoms with van der Waals surface area (Å²) in [4.78, 5) is 15.7. The molecule has 0 radical (unpaired) electrons. The molecule has 7 heteroatoms. The van der Waals surface area contributed by atoms with Crippen molar-refractivity contribution in [2.24, 2.45) is 0 Å². The Morgan fingerprint density at radius 1 is 1.07 bits per heavy atom. The Balaban J connectivity index is 1.61. The molecule has 0 aliphatic carbocycles. The monoisotopic (exact) mass is 382 g/mol. The molecule has 0 saturated carbocycles. The summed E-state index contributed by atoms with van der Waals surface area (Å²) >= 11 is 0. The normalized spacial score (nSPS) is 13.4. The summed E-state index contributed by atoms with van der Waals surface area (Å²) in [5.74, 6) is 0.654. The lowest BCUT2D eigenvalue weighted by atomic mass is 10.0. The lowest BCUT2D eigenvalue weighted by Gasteiger charge is -2.30. The average molecular weight is 382 g/mol. The maximum Gasteiger partial charge on any atom is 0.168 e. The second-order valence-corrected chi connectivity index (χ2v) is 6.93. The van der Waals surface area contributed by atoms with Gasteiger partial charge in [0, 0.05) is 42.5 Å². The van der Waals surface area contributed by atoms with Crippen molar-refractivity contribution in [3.63, 3.8) is 0 Å². The van der Waals surface area contributed by atoms with Crippen molar-refractivity contribution in [3.8, 4) is 11.5 Å². The van der Waals surface area contributed by atoms with Crippen LogP contribution in [0, 0.1) is 32.4 Å². The minimum Gasteiger partial charge on any atom is -0.453 e. The summed E-state index contributed by atoms with van der Waals surface area (Å²) < 4.78 is 32.5. The van der Waals surface area contributed by atoms with E-state index in [2.05, 4.69) is 19.9 Å². The van der Waals surface area contributed by atoms with Crippen LogP contribution in [0.15, 0.2) is 30.5 Å². The number of benzene rings is 1. The van der Waals surface area contributed by atoms with Crippen LogP contribution in [0.4, 0.5) is 14.6 Å². The molecule has 28 heavy (non-hydrogen) atoms. The number of rotatable bonds is 3. The molecular formula is C21H20F2N4O. The predicted octanol–water partition coefficient (Wildman–Crippen LogP) is 4.43. The van der Waals surface area contributed by atoms with Crippen LogP contribution in [0.5, 0.6) is 11.5 Å². The van der Waals surface area contributed by atoms with E-state index in [1.165, 1.54) is 6.07 Å². The smallest absolute Gasteiger partial charge is 0.168 e. The van der Waals surface area contributed by atoms with Gasteiger partial charge in [-0.3, -0.25) is 4.98 Å². The van der Waals surface area contributed by atoms with Gasteiger partial charge < -0.3 is 9.64 Å². The van der Waals surface area contributed by atoms with E-state index in [0.717, 1.165) is 59.3 Å². The minimum absolute atomic E-state index is 0.0336. The Morgan fingerprint density at radius 3 is 2.68 bits per heavy atom. The number of aryl methyl sites for hydroxylation is 2. The molecule has 1 aromatic carbocycles. The molecule has 144 valence electrons. The molecule has 3 aromatic rings. The zero-order valence-corrected chi connectivity index (χ0v) is 16.0. The van der Waals surface area contributed by atoms with Crippen LogP contribution in [0.3, 0.4) is 0 Å². The van der Waals surface area contributed by atoms with E-state index in [1.54, 1.807) is 6.20 Å². The zero-order chi connectivity index (χ0) is 19.8. The molecule has 0 bridgehead atoms. The molecule has 3 heterocycles. The summed E-state index contributed by atoms with van der Waals surface area (Å²) in [6.07, 6.45) is 2.35. The van der Waals surface area contributed by atoms with Gasteiger partial charge in [-0.25, -0.2) is 18.7 Å². The Hall–Kier alpha value is -3.09. The topological polar surface area (TPSA) is 51.1 Å². The predicted molar refractivity (Wildman–Crippen MR) is 102 cm³/mol. The first-order valence-corrected chi connectivity index (χ1v) is 9.08. The van der Waals surface area contributed by atoms with Crippen LogP contribution >= 0.6 is 0 Å². The summed E-state index contributed by atoms with van der Waals surface area (Å²) in [7, 11) is 0. The van der Waals surface area contributed by atoms with Crippen LogP contribution in [-0.2, 0) is 13.0 Å². The average Bonchev–Trinajstić information content (AvgIpc) is 2.66. The second kappa shape index (κ2) is 7.14. The highest BCUT2D eigenvalue weighted by molar-refractivity contribution is 5.51. The lowest BCUT2D eigenvalue weighted by Crippen LogP contribution is -2.32. The molecule has 0 unspecified atom stereocenters. The van der Waals surface area contributed by atoms with Crippen LogP contribution in [0.25, 0.3) is 0 Å². The molecule has 0 N–H and O–H groups in total. The van der Waals surface area contributed by atoms with Crippen molar-refractivity contribution in [3.05, 3.63) is 70.4 Å². The third-order valence-corrected chi connectivity index (χ3v) is 4.91. The first-order chi connectivity index (χ1) is 13.4. The van der Waals surface area contributed by atoms with E-state index in [4.69, 9.17) is 4.74 Å². The minimum atomic E-state index is -0.748. The maximum absolute atomic E-state index is 13.9. The van der Waals surface area contributed by atoms with Gasteiger partial charge in [0.15, 0.2) is 11.6 Å². The second-order valence-electron chi connectivity index (χ2n) is 6.93. The van der Waals surface area contributed by atoms with Crippen molar-refractivity contribution in [2.45, 2.75) is 33.7 Å². The number of anilines is 1. The highest BCUT2D eigenvalue weighted by Gasteiger charge is 2.22. The Bertz CT molecular complexity index is 1050. The number of fused-ring (bicyclic) bond motifs is 1. The number of ether oxygens (including phenoxy) is 1. The van der Waals surface area contributed by atoms with Gasteiger partial charge in [0.1, 0.15) is 23.2 Å². The quantitative estimate of drug-likeness (QED) is 0.671. The van der Waals surface area contributed by atoms with Crippen LogP contribution < -0.4 is 9.64 Å². The lowest BCUT2D eigenvalue weighted by molar-refractivity contribution is 0.434. The van der Waals surface area contributed by atoms with Crippen molar-refractivity contribution in [2.75, 3.05) is 11.4 Å². The molecule has 4 rings (SSSR count). The van der Waals surface area contributed by atoms with Crippen molar-refractivity contribution < 1.29 is 13.5 Å². The number of halogens is 2. The molecule has 0 saturated heterocycles. The van der Waals surface area contributed by atoms with Gasteiger partial charge in [-0.1, -0.05) is 0 Å². The fourth-order valence-corrected chi connectivity index (χ4v) is 3.38. The SMILES string of the molecule is Cc1nc(C)c(C)c(N2CCc3ncc(Oc4ccc(F)cc4F)cc3C2)n1. The third-order valence-electron chi connectivity index (χ3n) is 4.91. The van der Waals surface area contributed by atoms with Crippen LogP contribution in [-0.4, -0.2) is 21.5 Å². The van der Waals surface area contributed by atoms with Gasteiger partial charge in [0.25, 0.3) is 0 Å². The molecule has 1 aliphatic rings. The van der Waals surface area contributed by atoms with E-state index >= 15 is 0 Å². The highest BCUT2D eigenvalue weighted by Crippen LogP contribution is 2.30. The summed E-state index contributed by atoms with van der Waals surface area (Å²) in [6.45, 7) is 7.33. The molecule has 5 nitrogen and oxygen atoms in total. The fraction of sp³-hybridized carbons (Fsp3) is 0.286. The van der Waals surface area contributed by atoms with Gasteiger partial charge in [-0.15, -0.1) is 0 Å². The number of aromatic nitrogens is 3. The van der Waals surface area contributed by atoms with E-state index in [1.807, 2.05) is 26.8 Å². The molecule has 2 aromatic heterocycles. The summed E-state index contributed by atoms with van der Waals surface area (Å²) in [5, 5.41) is 0. The number of hydrogen-bond acceptors (Lipinski definition) is 5. The Labute approximate surface area is 162 Å². The van der Waals surface area contributed by atoms with E-state index in [9.17, 15) is 8.78 Å². The number of nitrogens with zero attached hydrogens (tertiary/aromatic N) is 4. The van der Waals surface area contributed by atoms with Crippen molar-refractivity contribution in [1.82, 2.24) is 15.0 Å². The molecule has 0 fully saturated rings. The molecule has 0 spiro atoms. The largest absolute Gasteiger partial charge is 0.453 e. The van der Waals surface area contributed by atoms with Gasteiger partial charge >= 0.3 is 0 Å². The molecule has 0 amide bonds.